The molecule has 210 valence electrons. The molecule has 1 N–H and O–H groups in total. The molecule has 3 aromatic carbocycles. The molecule has 1 fully saturated rings. The fraction of sp³-hybridized carbons (Fsp3) is 0.471. The van der Waals surface area contributed by atoms with E-state index in [1.165, 1.54) is 12.1 Å². The maximum Gasteiger partial charge on any atom is 0.131 e. The SMILES string of the molecule is CCCCCc1ccc(-c2ccc(-c3ccc(C4CCC(C(CCO)COC)CC4)cc3F)cc2F)cc1F. The number of ether oxygens (including phenoxy) is 1. The smallest absolute Gasteiger partial charge is 0.131 e. The molecular formula is C34H41F3O2. The van der Waals surface area contributed by atoms with E-state index in [2.05, 4.69) is 6.92 Å². The molecule has 39 heavy (non-hydrogen) atoms. The maximum absolute atomic E-state index is 15.3. The Hall–Kier alpha value is -2.63. The predicted octanol–water partition coefficient (Wildman–Crippen LogP) is 9.09. The summed E-state index contributed by atoms with van der Waals surface area (Å²) in [6.45, 7) is 2.94. The minimum Gasteiger partial charge on any atom is -0.396 e. The van der Waals surface area contributed by atoms with Crippen molar-refractivity contribution in [3.8, 4) is 22.3 Å². The summed E-state index contributed by atoms with van der Waals surface area (Å²) < 4.78 is 50.4. The van der Waals surface area contributed by atoms with E-state index in [9.17, 15) is 9.50 Å². The Balaban J connectivity index is 1.44. The normalized spacial score (nSPS) is 18.3. The molecule has 1 unspecified atom stereocenters. The van der Waals surface area contributed by atoms with Gasteiger partial charge in [0.1, 0.15) is 17.5 Å². The van der Waals surface area contributed by atoms with Crippen LogP contribution in [0.3, 0.4) is 0 Å². The van der Waals surface area contributed by atoms with E-state index >= 15 is 8.78 Å². The van der Waals surface area contributed by atoms with Gasteiger partial charge in [-0.3, -0.25) is 0 Å². The highest BCUT2D eigenvalue weighted by Gasteiger charge is 2.28. The Labute approximate surface area is 231 Å². The number of benzene rings is 3. The van der Waals surface area contributed by atoms with Gasteiger partial charge in [0.05, 0.1) is 0 Å². The minimum atomic E-state index is -0.499. The van der Waals surface area contributed by atoms with Gasteiger partial charge in [0.25, 0.3) is 0 Å². The van der Waals surface area contributed by atoms with Crippen LogP contribution in [0.5, 0.6) is 0 Å². The van der Waals surface area contributed by atoms with Gasteiger partial charge in [-0.25, -0.2) is 13.2 Å². The van der Waals surface area contributed by atoms with Crippen molar-refractivity contribution >= 4 is 0 Å². The van der Waals surface area contributed by atoms with Crippen LogP contribution in [0.4, 0.5) is 13.2 Å². The summed E-state index contributed by atoms with van der Waals surface area (Å²) in [5.41, 5.74) is 3.24. The van der Waals surface area contributed by atoms with Crippen LogP contribution in [-0.2, 0) is 11.2 Å². The maximum atomic E-state index is 15.3. The minimum absolute atomic E-state index is 0.171. The second-order valence-electron chi connectivity index (χ2n) is 11.0. The van der Waals surface area contributed by atoms with Crippen LogP contribution in [0.2, 0.25) is 0 Å². The number of halogens is 3. The molecule has 1 saturated carbocycles. The summed E-state index contributed by atoms with van der Waals surface area (Å²) in [7, 11) is 1.70. The first-order valence-electron chi connectivity index (χ1n) is 14.4. The molecular weight excluding hydrogens is 497 g/mol. The number of hydrogen-bond acceptors (Lipinski definition) is 2. The predicted molar refractivity (Wildman–Crippen MR) is 152 cm³/mol. The highest BCUT2D eigenvalue weighted by Crippen LogP contribution is 2.41. The molecule has 0 heterocycles. The fourth-order valence-corrected chi connectivity index (χ4v) is 6.18. The Bertz CT molecular complexity index is 1210. The van der Waals surface area contributed by atoms with Gasteiger partial charge < -0.3 is 9.84 Å². The Morgan fingerprint density at radius 1 is 0.821 bits per heavy atom. The van der Waals surface area contributed by atoms with E-state index in [-0.39, 0.29) is 18.2 Å². The largest absolute Gasteiger partial charge is 0.396 e. The van der Waals surface area contributed by atoms with Crippen LogP contribution < -0.4 is 0 Å². The van der Waals surface area contributed by atoms with Gasteiger partial charge in [0.15, 0.2) is 0 Å². The molecule has 0 radical (unpaired) electrons. The van der Waals surface area contributed by atoms with E-state index in [1.54, 1.807) is 43.5 Å². The van der Waals surface area contributed by atoms with Gasteiger partial charge in [0.2, 0.25) is 0 Å². The highest BCUT2D eigenvalue weighted by atomic mass is 19.1. The van der Waals surface area contributed by atoms with Crippen molar-refractivity contribution in [2.75, 3.05) is 20.3 Å². The van der Waals surface area contributed by atoms with E-state index in [1.807, 2.05) is 6.07 Å². The summed E-state index contributed by atoms with van der Waals surface area (Å²) in [5.74, 6) is -0.00278. The van der Waals surface area contributed by atoms with Crippen LogP contribution >= 0.6 is 0 Å². The summed E-state index contributed by atoms with van der Waals surface area (Å²) in [6.07, 6.45) is 8.52. The average molecular weight is 539 g/mol. The van der Waals surface area contributed by atoms with Crippen LogP contribution in [-0.4, -0.2) is 25.4 Å². The zero-order valence-corrected chi connectivity index (χ0v) is 23.2. The van der Waals surface area contributed by atoms with Gasteiger partial charge in [-0.1, -0.05) is 56.2 Å². The van der Waals surface area contributed by atoms with Gasteiger partial charge in [-0.15, -0.1) is 0 Å². The Morgan fingerprint density at radius 3 is 2.05 bits per heavy atom. The van der Waals surface area contributed by atoms with E-state index in [0.717, 1.165) is 56.9 Å². The zero-order valence-electron chi connectivity index (χ0n) is 23.2. The number of methoxy groups -OCH3 is 1. The fourth-order valence-electron chi connectivity index (χ4n) is 6.18. The zero-order chi connectivity index (χ0) is 27.8. The second-order valence-corrected chi connectivity index (χ2v) is 11.0. The standard InChI is InChI=1S/C34H41F3O2/c1-3-4-5-6-25-11-12-27(20-32(25)35)31-16-14-28(21-34(31)37)30-15-13-26(19-33(30)36)23-7-9-24(10-8-23)29(17-18-38)22-39-2/h11-16,19-21,23-24,29,38H,3-10,17-18,22H2,1-2H3. The number of aliphatic hydroxyl groups excluding tert-OH is 1. The monoisotopic (exact) mass is 538 g/mol. The first-order chi connectivity index (χ1) is 18.9. The summed E-state index contributed by atoms with van der Waals surface area (Å²) in [5, 5.41) is 9.38. The van der Waals surface area contributed by atoms with Gasteiger partial charge >= 0.3 is 0 Å². The lowest BCUT2D eigenvalue weighted by molar-refractivity contribution is 0.0826. The highest BCUT2D eigenvalue weighted by molar-refractivity contribution is 5.71. The molecule has 0 bridgehead atoms. The number of rotatable bonds is 12. The molecule has 1 aliphatic rings. The Morgan fingerprint density at radius 2 is 1.46 bits per heavy atom. The third kappa shape index (κ3) is 7.32. The first-order valence-corrected chi connectivity index (χ1v) is 14.4. The molecule has 1 aliphatic carbocycles. The third-order valence-electron chi connectivity index (χ3n) is 8.48. The van der Waals surface area contributed by atoms with Gasteiger partial charge in [-0.2, -0.15) is 0 Å². The lowest BCUT2D eigenvalue weighted by Crippen LogP contribution is -2.25. The van der Waals surface area contributed by atoms with Crippen LogP contribution in [0, 0.1) is 29.3 Å². The lowest BCUT2D eigenvalue weighted by atomic mass is 9.73. The van der Waals surface area contributed by atoms with E-state index in [0.29, 0.717) is 58.6 Å². The topological polar surface area (TPSA) is 29.5 Å². The van der Waals surface area contributed by atoms with Crippen molar-refractivity contribution in [3.05, 3.63) is 83.2 Å². The third-order valence-corrected chi connectivity index (χ3v) is 8.48. The average Bonchev–Trinajstić information content (AvgIpc) is 2.94. The van der Waals surface area contributed by atoms with Crippen LogP contribution in [0.15, 0.2) is 54.6 Å². The molecule has 2 nitrogen and oxygen atoms in total. The van der Waals surface area contributed by atoms with E-state index in [4.69, 9.17) is 4.74 Å². The summed E-state index contributed by atoms with van der Waals surface area (Å²) in [4.78, 5) is 0. The van der Waals surface area contributed by atoms with Crippen LogP contribution in [0.1, 0.15) is 75.3 Å². The van der Waals surface area contributed by atoms with Crippen molar-refractivity contribution in [3.63, 3.8) is 0 Å². The number of unbranched alkanes of at least 4 members (excludes halogenated alkanes) is 2. The van der Waals surface area contributed by atoms with Gasteiger partial charge in [0, 0.05) is 31.5 Å². The molecule has 0 amide bonds. The summed E-state index contributed by atoms with van der Waals surface area (Å²) in [6, 6.07) is 14.8. The van der Waals surface area contributed by atoms with Crippen molar-refractivity contribution in [2.24, 2.45) is 11.8 Å². The van der Waals surface area contributed by atoms with Crippen molar-refractivity contribution in [2.45, 2.75) is 70.6 Å². The number of aryl methyl sites for hydroxylation is 1. The lowest BCUT2D eigenvalue weighted by Gasteiger charge is -2.33. The Kier molecular flexibility index (Phi) is 10.6. The molecule has 3 aromatic rings. The van der Waals surface area contributed by atoms with Crippen molar-refractivity contribution in [1.82, 2.24) is 0 Å². The van der Waals surface area contributed by atoms with Gasteiger partial charge in [-0.05, 0) is 103 Å². The van der Waals surface area contributed by atoms with Crippen molar-refractivity contribution in [1.29, 1.82) is 0 Å². The molecule has 0 saturated heterocycles. The molecule has 0 aliphatic heterocycles. The van der Waals surface area contributed by atoms with Crippen molar-refractivity contribution < 1.29 is 23.0 Å². The molecule has 0 spiro atoms. The van der Waals surface area contributed by atoms with Crippen LogP contribution in [0.25, 0.3) is 22.3 Å². The summed E-state index contributed by atoms with van der Waals surface area (Å²) >= 11 is 0. The molecule has 4 rings (SSSR count). The van der Waals surface area contributed by atoms with E-state index < -0.39 is 5.82 Å². The number of aliphatic hydroxyl groups is 1. The first kappa shape index (κ1) is 29.4. The molecule has 1 atom stereocenters. The molecule has 5 heteroatoms. The molecule has 0 aromatic heterocycles. The number of hydrogen-bond donors (Lipinski definition) is 1. The second kappa shape index (κ2) is 14.1. The quantitative estimate of drug-likeness (QED) is 0.233.